The molecule has 0 unspecified atom stereocenters. The molecule has 0 amide bonds. The van der Waals surface area contributed by atoms with E-state index in [1.54, 1.807) is 4.68 Å². The molecule has 0 radical (unpaired) electrons. The van der Waals surface area contributed by atoms with Crippen molar-refractivity contribution in [3.63, 3.8) is 0 Å². The van der Waals surface area contributed by atoms with Crippen molar-refractivity contribution in [2.75, 3.05) is 0 Å². The molecule has 1 aliphatic heterocycles. The van der Waals surface area contributed by atoms with Gasteiger partial charge in [-0.3, -0.25) is 4.68 Å². The van der Waals surface area contributed by atoms with Crippen molar-refractivity contribution in [3.8, 4) is 0 Å². The summed E-state index contributed by atoms with van der Waals surface area (Å²) in [6.07, 6.45) is 7.29. The fraction of sp³-hybridized carbons (Fsp3) is 0.692. The third-order valence-corrected chi connectivity index (χ3v) is 3.50. The van der Waals surface area contributed by atoms with E-state index >= 15 is 0 Å². The van der Waals surface area contributed by atoms with Crippen molar-refractivity contribution >= 4 is 5.97 Å². The molecular weight excluding hydrogens is 235 g/mol. The summed E-state index contributed by atoms with van der Waals surface area (Å²) in [5, 5.41) is 13.3. The molecule has 0 aliphatic carbocycles. The highest BCUT2D eigenvalue weighted by atomic mass is 19.1. The smallest absolute Gasteiger partial charge is 0.339 e. The van der Waals surface area contributed by atoms with Crippen LogP contribution < -0.4 is 0 Å². The molecule has 100 valence electrons. The van der Waals surface area contributed by atoms with E-state index in [9.17, 15) is 14.3 Å². The molecule has 2 heterocycles. The predicted octanol–water partition coefficient (Wildman–Crippen LogP) is 2.95. The Balaban J connectivity index is 2.34. The quantitative estimate of drug-likeness (QED) is 0.882. The summed E-state index contributed by atoms with van der Waals surface area (Å²) in [5.74, 6) is -1.05. The first-order valence-electron chi connectivity index (χ1n) is 6.62. The molecule has 2 rings (SSSR count). The molecule has 0 aromatic carbocycles. The van der Waals surface area contributed by atoms with Gasteiger partial charge in [-0.25, -0.2) is 9.18 Å². The summed E-state index contributed by atoms with van der Waals surface area (Å²) in [4.78, 5) is 11.2. The minimum Gasteiger partial charge on any atom is -0.478 e. The van der Waals surface area contributed by atoms with Crippen LogP contribution in [0.15, 0.2) is 0 Å². The second kappa shape index (κ2) is 5.98. The standard InChI is InChI=1S/C13H19FN2O2/c14-9-10-12(13(17)18)11-7-5-3-1-2-4-6-8-16(11)15-10/h1-9H2,(H,17,18). The Morgan fingerprint density at radius 1 is 1.22 bits per heavy atom. The van der Waals surface area contributed by atoms with Gasteiger partial charge in [0.1, 0.15) is 17.9 Å². The molecule has 1 aromatic rings. The van der Waals surface area contributed by atoms with Crippen LogP contribution in [0.5, 0.6) is 0 Å². The van der Waals surface area contributed by atoms with Gasteiger partial charge in [-0.2, -0.15) is 5.10 Å². The highest BCUT2D eigenvalue weighted by Crippen LogP contribution is 2.21. The minimum atomic E-state index is -1.05. The monoisotopic (exact) mass is 254 g/mol. The Bertz CT molecular complexity index is 429. The second-order valence-electron chi connectivity index (χ2n) is 4.80. The summed E-state index contributed by atoms with van der Waals surface area (Å²) < 4.78 is 14.6. The topological polar surface area (TPSA) is 55.1 Å². The first-order chi connectivity index (χ1) is 8.74. The summed E-state index contributed by atoms with van der Waals surface area (Å²) in [7, 11) is 0. The summed E-state index contributed by atoms with van der Waals surface area (Å²) >= 11 is 0. The lowest BCUT2D eigenvalue weighted by Gasteiger charge is -2.11. The van der Waals surface area contributed by atoms with Gasteiger partial charge in [-0.1, -0.05) is 25.7 Å². The lowest BCUT2D eigenvalue weighted by Crippen LogP contribution is -2.09. The molecular formula is C13H19FN2O2. The maximum Gasteiger partial charge on any atom is 0.339 e. The average Bonchev–Trinajstić information content (AvgIpc) is 2.72. The molecule has 18 heavy (non-hydrogen) atoms. The van der Waals surface area contributed by atoms with E-state index in [4.69, 9.17) is 0 Å². The van der Waals surface area contributed by atoms with E-state index in [1.807, 2.05) is 0 Å². The third kappa shape index (κ3) is 2.71. The predicted molar refractivity (Wildman–Crippen MR) is 65.4 cm³/mol. The molecule has 1 N–H and O–H groups in total. The number of hydrogen-bond acceptors (Lipinski definition) is 2. The van der Waals surface area contributed by atoms with Crippen LogP contribution in [-0.4, -0.2) is 20.9 Å². The summed E-state index contributed by atoms with van der Waals surface area (Å²) in [6, 6.07) is 0. The van der Waals surface area contributed by atoms with E-state index in [0.717, 1.165) is 25.7 Å². The number of aryl methyl sites for hydroxylation is 1. The lowest BCUT2D eigenvalue weighted by atomic mass is 10.0. The maximum atomic E-state index is 12.9. The molecule has 1 aliphatic rings. The number of carboxylic acid groups (broad SMARTS) is 1. The molecule has 0 atom stereocenters. The Labute approximate surface area is 106 Å². The van der Waals surface area contributed by atoms with Gasteiger partial charge in [-0.05, 0) is 19.3 Å². The molecule has 0 saturated heterocycles. The second-order valence-corrected chi connectivity index (χ2v) is 4.80. The number of carbonyl (C=O) groups is 1. The maximum absolute atomic E-state index is 12.9. The fourth-order valence-corrected chi connectivity index (χ4v) is 2.59. The van der Waals surface area contributed by atoms with Crippen LogP contribution in [0.2, 0.25) is 0 Å². The molecule has 0 saturated carbocycles. The van der Waals surface area contributed by atoms with Crippen molar-refractivity contribution in [1.29, 1.82) is 0 Å². The number of halogens is 1. The van der Waals surface area contributed by atoms with Gasteiger partial charge in [0.15, 0.2) is 0 Å². The van der Waals surface area contributed by atoms with Crippen LogP contribution in [0.1, 0.15) is 60.3 Å². The van der Waals surface area contributed by atoms with Crippen LogP contribution in [0, 0.1) is 0 Å². The molecule has 0 fully saturated rings. The van der Waals surface area contributed by atoms with Gasteiger partial charge >= 0.3 is 5.97 Å². The third-order valence-electron chi connectivity index (χ3n) is 3.50. The summed E-state index contributed by atoms with van der Waals surface area (Å²) in [6.45, 7) is -0.1000. The number of fused-ring (bicyclic) bond motifs is 1. The minimum absolute atomic E-state index is 0.0803. The van der Waals surface area contributed by atoms with Crippen molar-refractivity contribution < 1.29 is 14.3 Å². The van der Waals surface area contributed by atoms with Gasteiger partial charge in [0.05, 0.1) is 5.69 Å². The van der Waals surface area contributed by atoms with Crippen molar-refractivity contribution in [2.45, 2.75) is 58.2 Å². The zero-order valence-electron chi connectivity index (χ0n) is 10.5. The number of aromatic nitrogens is 2. The van der Waals surface area contributed by atoms with E-state index in [0.29, 0.717) is 18.7 Å². The van der Waals surface area contributed by atoms with Crippen molar-refractivity contribution in [3.05, 3.63) is 17.0 Å². The molecule has 0 bridgehead atoms. The highest BCUT2D eigenvalue weighted by Gasteiger charge is 2.22. The Morgan fingerprint density at radius 2 is 1.89 bits per heavy atom. The van der Waals surface area contributed by atoms with Gasteiger partial charge < -0.3 is 5.11 Å². The fourth-order valence-electron chi connectivity index (χ4n) is 2.59. The number of rotatable bonds is 2. The van der Waals surface area contributed by atoms with Crippen LogP contribution in [0.4, 0.5) is 4.39 Å². The van der Waals surface area contributed by atoms with Crippen LogP contribution in [0.25, 0.3) is 0 Å². The van der Waals surface area contributed by atoms with E-state index in [2.05, 4.69) is 5.10 Å². The van der Waals surface area contributed by atoms with Crippen LogP contribution in [0.3, 0.4) is 0 Å². The zero-order chi connectivity index (χ0) is 13.0. The largest absolute Gasteiger partial charge is 0.478 e. The highest BCUT2D eigenvalue weighted by molar-refractivity contribution is 5.90. The number of hydrogen-bond donors (Lipinski definition) is 1. The number of carboxylic acids is 1. The Kier molecular flexibility index (Phi) is 4.33. The van der Waals surface area contributed by atoms with Gasteiger partial charge in [0, 0.05) is 6.54 Å². The van der Waals surface area contributed by atoms with Gasteiger partial charge in [0.25, 0.3) is 0 Å². The van der Waals surface area contributed by atoms with Crippen LogP contribution in [-0.2, 0) is 19.6 Å². The Hall–Kier alpha value is -1.39. The van der Waals surface area contributed by atoms with Crippen molar-refractivity contribution in [1.82, 2.24) is 9.78 Å². The average molecular weight is 254 g/mol. The SMILES string of the molecule is O=C(O)c1c(CF)nn2c1CCCCCCCC2. The normalized spacial score (nSPS) is 17.2. The van der Waals surface area contributed by atoms with E-state index in [1.165, 1.54) is 12.8 Å². The van der Waals surface area contributed by atoms with E-state index < -0.39 is 12.6 Å². The molecule has 1 aromatic heterocycles. The molecule has 0 spiro atoms. The first kappa shape index (κ1) is 13.1. The molecule has 4 nitrogen and oxygen atoms in total. The zero-order valence-corrected chi connectivity index (χ0v) is 10.5. The van der Waals surface area contributed by atoms with Gasteiger partial charge in [-0.15, -0.1) is 0 Å². The Morgan fingerprint density at radius 3 is 2.56 bits per heavy atom. The number of nitrogens with zero attached hydrogens (tertiary/aromatic N) is 2. The number of aromatic carboxylic acids is 1. The van der Waals surface area contributed by atoms with Gasteiger partial charge in [0.2, 0.25) is 0 Å². The van der Waals surface area contributed by atoms with Crippen LogP contribution >= 0.6 is 0 Å². The number of alkyl halides is 1. The lowest BCUT2D eigenvalue weighted by molar-refractivity contribution is 0.0693. The van der Waals surface area contributed by atoms with Crippen molar-refractivity contribution in [2.24, 2.45) is 0 Å². The van der Waals surface area contributed by atoms with E-state index in [-0.39, 0.29) is 11.3 Å². The first-order valence-corrected chi connectivity index (χ1v) is 6.62. The molecule has 5 heteroatoms. The summed E-state index contributed by atoms with van der Waals surface area (Å²) in [5.41, 5.74) is 0.881.